The maximum absolute atomic E-state index is 13.6. The lowest BCUT2D eigenvalue weighted by molar-refractivity contribution is -0.139. The number of benzene rings is 2. The van der Waals surface area contributed by atoms with Crippen LogP contribution in [0.5, 0.6) is 5.75 Å². The molecule has 0 unspecified atom stereocenters. The lowest BCUT2D eigenvalue weighted by atomic mass is 10.1. The van der Waals surface area contributed by atoms with Gasteiger partial charge in [0.05, 0.1) is 18.6 Å². The molecule has 0 spiro atoms. The van der Waals surface area contributed by atoms with Crippen LogP contribution in [0.25, 0.3) is 0 Å². The number of carbonyl (C=O) groups excluding carboxylic acids is 2. The van der Waals surface area contributed by atoms with Crippen LogP contribution in [0.15, 0.2) is 48.5 Å². The van der Waals surface area contributed by atoms with Gasteiger partial charge in [0.25, 0.3) is 0 Å². The van der Waals surface area contributed by atoms with Gasteiger partial charge in [-0.25, -0.2) is 8.42 Å². The lowest BCUT2D eigenvalue weighted by Crippen LogP contribution is -2.52. The number of hydrogen-bond acceptors (Lipinski definition) is 5. The van der Waals surface area contributed by atoms with Crippen molar-refractivity contribution >= 4 is 39.1 Å². The number of rotatable bonds is 11. The Morgan fingerprint density at radius 2 is 1.81 bits per heavy atom. The van der Waals surface area contributed by atoms with Gasteiger partial charge in [0.2, 0.25) is 21.8 Å². The van der Waals surface area contributed by atoms with Gasteiger partial charge < -0.3 is 15.0 Å². The van der Waals surface area contributed by atoms with Gasteiger partial charge in [-0.1, -0.05) is 36.6 Å². The Hall–Kier alpha value is -2.78. The summed E-state index contributed by atoms with van der Waals surface area (Å²) in [7, 11) is -3.79. The molecule has 1 saturated carbocycles. The molecule has 0 bridgehead atoms. The Kier molecular flexibility index (Phi) is 9.62. The van der Waals surface area contributed by atoms with Gasteiger partial charge in [-0.2, -0.15) is 0 Å². The zero-order chi connectivity index (χ0) is 26.3. The van der Waals surface area contributed by atoms with Crippen molar-refractivity contribution in [3.63, 3.8) is 0 Å². The third kappa shape index (κ3) is 7.61. The monoisotopic (exact) mass is 535 g/mol. The van der Waals surface area contributed by atoms with Crippen molar-refractivity contribution in [2.24, 2.45) is 0 Å². The second kappa shape index (κ2) is 12.5. The van der Waals surface area contributed by atoms with Crippen LogP contribution >= 0.6 is 11.6 Å². The first-order valence-corrected chi connectivity index (χ1v) is 14.4. The molecule has 1 aliphatic rings. The summed E-state index contributed by atoms with van der Waals surface area (Å²) in [6, 6.07) is 12.8. The van der Waals surface area contributed by atoms with E-state index in [2.05, 4.69) is 5.32 Å². The first-order chi connectivity index (χ1) is 17.1. The normalized spacial score (nSPS) is 14.8. The topological polar surface area (TPSA) is 96.0 Å². The van der Waals surface area contributed by atoms with Gasteiger partial charge >= 0.3 is 0 Å². The molecule has 1 N–H and O–H groups in total. The van der Waals surface area contributed by atoms with E-state index in [9.17, 15) is 18.0 Å². The van der Waals surface area contributed by atoms with E-state index in [0.717, 1.165) is 41.8 Å². The summed E-state index contributed by atoms with van der Waals surface area (Å²) in [5, 5.41) is 3.55. The third-order valence-electron chi connectivity index (χ3n) is 6.23. The molecule has 2 aromatic carbocycles. The standard InChI is InChI=1S/C26H34ClN3O5S/c1-4-35-24-14-12-23(13-15-24)30(36(3,33)34)18-25(31)29(17-20-8-7-9-21(27)16-20)19(2)26(32)28-22-10-5-6-11-22/h7-9,12-16,19,22H,4-6,10-11,17-18H2,1-3H3,(H,28,32)/t19-/m0/s1. The second-order valence-electron chi connectivity index (χ2n) is 9.01. The molecule has 3 rings (SSSR count). The van der Waals surface area contributed by atoms with Gasteiger partial charge in [-0.15, -0.1) is 0 Å². The SMILES string of the molecule is CCOc1ccc(N(CC(=O)N(Cc2cccc(Cl)c2)[C@@H](C)C(=O)NC2CCCC2)S(C)(=O)=O)cc1. The lowest BCUT2D eigenvalue weighted by Gasteiger charge is -2.32. The Morgan fingerprint density at radius 3 is 2.39 bits per heavy atom. The van der Waals surface area contributed by atoms with E-state index in [0.29, 0.717) is 23.1 Å². The summed E-state index contributed by atoms with van der Waals surface area (Å²) in [6.07, 6.45) is 5.01. The second-order valence-corrected chi connectivity index (χ2v) is 11.4. The van der Waals surface area contributed by atoms with Gasteiger partial charge in [-0.05, 0) is 68.7 Å². The molecule has 0 saturated heterocycles. The fourth-order valence-electron chi connectivity index (χ4n) is 4.30. The smallest absolute Gasteiger partial charge is 0.244 e. The molecular weight excluding hydrogens is 502 g/mol. The van der Waals surface area contributed by atoms with Gasteiger partial charge in [-0.3, -0.25) is 13.9 Å². The number of ether oxygens (including phenoxy) is 1. The van der Waals surface area contributed by atoms with Crippen LogP contribution in [0.4, 0.5) is 5.69 Å². The Bertz CT molecular complexity index is 1150. The Labute approximate surface area is 218 Å². The number of halogens is 1. The molecular formula is C26H34ClN3O5S. The summed E-state index contributed by atoms with van der Waals surface area (Å²) in [6.45, 7) is 3.66. The summed E-state index contributed by atoms with van der Waals surface area (Å²) in [5.74, 6) is -0.159. The molecule has 8 nitrogen and oxygen atoms in total. The van der Waals surface area contributed by atoms with E-state index in [-0.39, 0.29) is 18.5 Å². The minimum atomic E-state index is -3.79. The highest BCUT2D eigenvalue weighted by Crippen LogP contribution is 2.23. The molecule has 1 fully saturated rings. The highest BCUT2D eigenvalue weighted by Gasteiger charge is 2.31. The molecule has 2 aromatic rings. The summed E-state index contributed by atoms with van der Waals surface area (Å²) in [4.78, 5) is 28.1. The number of amides is 2. The van der Waals surface area contributed by atoms with Crippen LogP contribution in [-0.2, 0) is 26.2 Å². The van der Waals surface area contributed by atoms with E-state index >= 15 is 0 Å². The van der Waals surface area contributed by atoms with Gasteiger partial charge in [0.15, 0.2) is 0 Å². The largest absolute Gasteiger partial charge is 0.494 e. The van der Waals surface area contributed by atoms with Crippen molar-refractivity contribution < 1.29 is 22.7 Å². The minimum absolute atomic E-state index is 0.0967. The fourth-order valence-corrected chi connectivity index (χ4v) is 5.36. The van der Waals surface area contributed by atoms with E-state index in [4.69, 9.17) is 16.3 Å². The van der Waals surface area contributed by atoms with E-state index < -0.39 is 28.5 Å². The molecule has 0 aromatic heterocycles. The zero-order valence-electron chi connectivity index (χ0n) is 20.9. The molecule has 10 heteroatoms. The number of carbonyl (C=O) groups is 2. The third-order valence-corrected chi connectivity index (χ3v) is 7.60. The van der Waals surface area contributed by atoms with Crippen LogP contribution in [-0.4, -0.2) is 56.6 Å². The highest BCUT2D eigenvalue weighted by atomic mass is 35.5. The van der Waals surface area contributed by atoms with Crippen molar-refractivity contribution in [2.45, 2.75) is 58.2 Å². The van der Waals surface area contributed by atoms with Crippen molar-refractivity contribution in [3.05, 3.63) is 59.1 Å². The van der Waals surface area contributed by atoms with E-state index in [1.807, 2.05) is 13.0 Å². The quantitative estimate of drug-likeness (QED) is 0.469. The van der Waals surface area contributed by atoms with Crippen molar-refractivity contribution in [1.82, 2.24) is 10.2 Å². The molecule has 196 valence electrons. The first-order valence-electron chi connectivity index (χ1n) is 12.1. The molecule has 2 amide bonds. The summed E-state index contributed by atoms with van der Waals surface area (Å²) < 4.78 is 31.8. The van der Waals surface area contributed by atoms with E-state index in [1.54, 1.807) is 49.4 Å². The van der Waals surface area contributed by atoms with Gasteiger partial charge in [0.1, 0.15) is 18.3 Å². The van der Waals surface area contributed by atoms with Crippen molar-refractivity contribution in [2.75, 3.05) is 23.7 Å². The number of hydrogen-bond donors (Lipinski definition) is 1. The van der Waals surface area contributed by atoms with Crippen LogP contribution in [0, 0.1) is 0 Å². The van der Waals surface area contributed by atoms with E-state index in [1.165, 1.54) is 4.90 Å². The molecule has 0 heterocycles. The average Bonchev–Trinajstić information content (AvgIpc) is 3.33. The minimum Gasteiger partial charge on any atom is -0.494 e. The summed E-state index contributed by atoms with van der Waals surface area (Å²) in [5.41, 5.74) is 1.07. The zero-order valence-corrected chi connectivity index (χ0v) is 22.5. The van der Waals surface area contributed by atoms with Crippen LogP contribution in [0.3, 0.4) is 0 Å². The average molecular weight is 536 g/mol. The molecule has 0 aliphatic heterocycles. The number of anilines is 1. The maximum atomic E-state index is 13.6. The number of nitrogens with one attached hydrogen (secondary N) is 1. The molecule has 0 radical (unpaired) electrons. The first kappa shape index (κ1) is 27.8. The van der Waals surface area contributed by atoms with Gasteiger partial charge in [0, 0.05) is 17.6 Å². The number of nitrogens with zero attached hydrogens (tertiary/aromatic N) is 2. The highest BCUT2D eigenvalue weighted by molar-refractivity contribution is 7.92. The predicted molar refractivity (Wildman–Crippen MR) is 142 cm³/mol. The summed E-state index contributed by atoms with van der Waals surface area (Å²) >= 11 is 6.14. The molecule has 1 aliphatic carbocycles. The molecule has 1 atom stereocenters. The Balaban J connectivity index is 1.86. The predicted octanol–water partition coefficient (Wildman–Crippen LogP) is 3.98. The maximum Gasteiger partial charge on any atom is 0.244 e. The Morgan fingerprint density at radius 1 is 1.14 bits per heavy atom. The van der Waals surface area contributed by atoms with Crippen molar-refractivity contribution in [1.29, 1.82) is 0 Å². The molecule has 36 heavy (non-hydrogen) atoms. The number of sulfonamides is 1. The van der Waals surface area contributed by atoms with Crippen molar-refractivity contribution in [3.8, 4) is 5.75 Å². The van der Waals surface area contributed by atoms with Crippen LogP contribution < -0.4 is 14.4 Å². The fraction of sp³-hybridized carbons (Fsp3) is 0.462. The van der Waals surface area contributed by atoms with Crippen LogP contribution in [0.2, 0.25) is 5.02 Å². The van der Waals surface area contributed by atoms with Crippen LogP contribution in [0.1, 0.15) is 45.1 Å².